The maximum Gasteiger partial charge on any atom is 0.208 e. The molecule has 0 aliphatic heterocycles. The van der Waals surface area contributed by atoms with Crippen molar-refractivity contribution >= 4 is 10.0 Å². The van der Waals surface area contributed by atoms with E-state index >= 15 is 0 Å². The van der Waals surface area contributed by atoms with Crippen LogP contribution in [0.1, 0.15) is 18.4 Å². The fourth-order valence-electron chi connectivity index (χ4n) is 1.93. The number of benzene rings is 1. The molecule has 0 radical (unpaired) electrons. The molecule has 0 unspecified atom stereocenters. The monoisotopic (exact) mass is 255 g/mol. The molecule has 0 saturated heterocycles. The highest BCUT2D eigenvalue weighted by molar-refractivity contribution is 7.88. The van der Waals surface area contributed by atoms with Crippen LogP contribution in [0, 0.1) is 0 Å². The summed E-state index contributed by atoms with van der Waals surface area (Å²) in [7, 11) is -1.48. The van der Waals surface area contributed by atoms with Gasteiger partial charge in [0.25, 0.3) is 0 Å². The smallest absolute Gasteiger partial charge is 0.208 e. The Balaban J connectivity index is 2.10. The molecule has 1 aliphatic carbocycles. The first kappa shape index (κ1) is 12.4. The van der Waals surface area contributed by atoms with E-state index in [2.05, 4.69) is 4.72 Å². The summed E-state index contributed by atoms with van der Waals surface area (Å²) in [6.07, 6.45) is 3.25. The van der Waals surface area contributed by atoms with Gasteiger partial charge in [0, 0.05) is 12.0 Å². The van der Waals surface area contributed by atoms with Gasteiger partial charge in [0.15, 0.2) is 0 Å². The largest absolute Gasteiger partial charge is 0.497 e. The molecule has 0 spiro atoms. The topological polar surface area (TPSA) is 55.4 Å². The van der Waals surface area contributed by atoms with Crippen molar-refractivity contribution in [2.24, 2.45) is 0 Å². The zero-order chi connectivity index (χ0) is 12.5. The Labute approximate surface area is 102 Å². The Kier molecular flexibility index (Phi) is 3.14. The molecule has 4 nitrogen and oxygen atoms in total. The average molecular weight is 255 g/mol. The zero-order valence-corrected chi connectivity index (χ0v) is 10.9. The maximum absolute atomic E-state index is 11.1. The molecule has 5 heteroatoms. The lowest BCUT2D eigenvalue weighted by Crippen LogP contribution is -2.31. The van der Waals surface area contributed by atoms with E-state index in [1.54, 1.807) is 7.11 Å². The summed E-state index contributed by atoms with van der Waals surface area (Å²) in [5.74, 6) is 0.820. The highest BCUT2D eigenvalue weighted by Gasteiger charge is 2.44. The number of ether oxygens (including phenoxy) is 1. The van der Waals surface area contributed by atoms with Crippen molar-refractivity contribution < 1.29 is 13.2 Å². The summed E-state index contributed by atoms with van der Waals surface area (Å²) in [6, 6.07) is 7.84. The van der Waals surface area contributed by atoms with Gasteiger partial charge in [-0.15, -0.1) is 0 Å². The van der Waals surface area contributed by atoms with Gasteiger partial charge in [0.1, 0.15) is 5.75 Å². The molecule has 1 aromatic carbocycles. The normalized spacial score (nSPS) is 17.8. The van der Waals surface area contributed by atoms with Gasteiger partial charge in [-0.05, 0) is 30.5 Å². The molecule has 1 saturated carbocycles. The third-order valence-corrected chi connectivity index (χ3v) is 3.90. The number of hydrogen-bond acceptors (Lipinski definition) is 3. The van der Waals surface area contributed by atoms with Crippen molar-refractivity contribution in [2.75, 3.05) is 19.9 Å². The van der Waals surface area contributed by atoms with Gasteiger partial charge in [-0.3, -0.25) is 0 Å². The van der Waals surface area contributed by atoms with E-state index in [1.807, 2.05) is 24.3 Å². The van der Waals surface area contributed by atoms with E-state index in [4.69, 9.17) is 4.74 Å². The lowest BCUT2D eigenvalue weighted by molar-refractivity contribution is 0.414. The van der Waals surface area contributed by atoms with Crippen molar-refractivity contribution in [3.63, 3.8) is 0 Å². The fraction of sp³-hybridized carbons (Fsp3) is 0.500. The molecule has 0 aromatic heterocycles. The minimum absolute atomic E-state index is 0.00461. The summed E-state index contributed by atoms with van der Waals surface area (Å²) >= 11 is 0. The molecular formula is C12H17NO3S. The predicted octanol–water partition coefficient (Wildman–Crippen LogP) is 1.28. The molecule has 0 amide bonds. The van der Waals surface area contributed by atoms with Crippen LogP contribution in [0.3, 0.4) is 0 Å². The Hall–Kier alpha value is -1.07. The number of sulfonamides is 1. The van der Waals surface area contributed by atoms with E-state index in [9.17, 15) is 8.42 Å². The second kappa shape index (κ2) is 4.31. The third kappa shape index (κ3) is 2.98. The zero-order valence-electron chi connectivity index (χ0n) is 10.1. The fourth-order valence-corrected chi connectivity index (χ4v) is 2.47. The van der Waals surface area contributed by atoms with Gasteiger partial charge in [-0.1, -0.05) is 12.1 Å². The Morgan fingerprint density at radius 1 is 1.29 bits per heavy atom. The first-order valence-corrected chi connectivity index (χ1v) is 7.44. The number of nitrogens with one attached hydrogen (secondary N) is 1. The maximum atomic E-state index is 11.1. The third-order valence-electron chi connectivity index (χ3n) is 3.23. The molecule has 0 atom stereocenters. The summed E-state index contributed by atoms with van der Waals surface area (Å²) in [5, 5.41) is 0. The molecule has 94 valence electrons. The standard InChI is InChI=1S/C12H17NO3S/c1-16-11-5-3-10(4-6-11)12(7-8-12)9-13-17(2,14)15/h3-6,13H,7-9H2,1-2H3. The van der Waals surface area contributed by atoms with Gasteiger partial charge in [0.2, 0.25) is 10.0 Å². The van der Waals surface area contributed by atoms with E-state index in [-0.39, 0.29) is 5.41 Å². The van der Waals surface area contributed by atoms with Crippen LogP contribution < -0.4 is 9.46 Å². The van der Waals surface area contributed by atoms with Crippen LogP contribution >= 0.6 is 0 Å². The first-order chi connectivity index (χ1) is 7.95. The number of methoxy groups -OCH3 is 1. The van der Waals surface area contributed by atoms with Crippen molar-refractivity contribution in [3.8, 4) is 5.75 Å². The minimum Gasteiger partial charge on any atom is -0.497 e. The van der Waals surface area contributed by atoms with Gasteiger partial charge < -0.3 is 4.74 Å². The van der Waals surface area contributed by atoms with E-state index < -0.39 is 10.0 Å². The second-order valence-corrected chi connectivity index (χ2v) is 6.44. The van der Waals surface area contributed by atoms with Crippen molar-refractivity contribution in [2.45, 2.75) is 18.3 Å². The van der Waals surface area contributed by atoms with Crippen LogP contribution in [0.5, 0.6) is 5.75 Å². The lowest BCUT2D eigenvalue weighted by Gasteiger charge is -2.16. The van der Waals surface area contributed by atoms with Gasteiger partial charge in [-0.2, -0.15) is 0 Å². The summed E-state index contributed by atoms with van der Waals surface area (Å²) in [5.41, 5.74) is 1.17. The number of hydrogen-bond donors (Lipinski definition) is 1. The van der Waals surface area contributed by atoms with E-state index in [1.165, 1.54) is 11.8 Å². The molecule has 17 heavy (non-hydrogen) atoms. The molecule has 1 fully saturated rings. The highest BCUT2D eigenvalue weighted by atomic mass is 32.2. The van der Waals surface area contributed by atoms with Crippen LogP contribution in [0.2, 0.25) is 0 Å². The Bertz CT molecular complexity index is 489. The molecule has 2 rings (SSSR count). The van der Waals surface area contributed by atoms with Crippen LogP contribution in [-0.2, 0) is 15.4 Å². The van der Waals surface area contributed by atoms with Crippen LogP contribution in [0.15, 0.2) is 24.3 Å². The average Bonchev–Trinajstić information content (AvgIpc) is 3.07. The van der Waals surface area contributed by atoms with Crippen LogP contribution in [-0.4, -0.2) is 28.3 Å². The molecule has 1 N–H and O–H groups in total. The van der Waals surface area contributed by atoms with Crippen molar-refractivity contribution in [1.82, 2.24) is 4.72 Å². The van der Waals surface area contributed by atoms with Crippen molar-refractivity contribution in [3.05, 3.63) is 29.8 Å². The molecule has 1 aromatic rings. The lowest BCUT2D eigenvalue weighted by atomic mass is 9.96. The van der Waals surface area contributed by atoms with Crippen LogP contribution in [0.25, 0.3) is 0 Å². The minimum atomic E-state index is -3.11. The van der Waals surface area contributed by atoms with E-state index in [0.717, 1.165) is 18.6 Å². The van der Waals surface area contributed by atoms with Gasteiger partial charge >= 0.3 is 0 Å². The molecule has 0 heterocycles. The second-order valence-electron chi connectivity index (χ2n) is 4.60. The first-order valence-electron chi connectivity index (χ1n) is 5.54. The summed E-state index contributed by atoms with van der Waals surface area (Å²) in [6.45, 7) is 0.484. The quantitative estimate of drug-likeness (QED) is 0.862. The Morgan fingerprint density at radius 3 is 2.29 bits per heavy atom. The Morgan fingerprint density at radius 2 is 1.88 bits per heavy atom. The summed E-state index contributed by atoms with van der Waals surface area (Å²) < 4.78 is 29.9. The molecular weight excluding hydrogens is 238 g/mol. The summed E-state index contributed by atoms with van der Waals surface area (Å²) in [4.78, 5) is 0. The highest BCUT2D eigenvalue weighted by Crippen LogP contribution is 2.47. The number of rotatable bonds is 5. The van der Waals surface area contributed by atoms with Crippen molar-refractivity contribution in [1.29, 1.82) is 0 Å². The van der Waals surface area contributed by atoms with E-state index in [0.29, 0.717) is 6.54 Å². The predicted molar refractivity (Wildman–Crippen MR) is 66.8 cm³/mol. The van der Waals surface area contributed by atoms with Gasteiger partial charge in [-0.25, -0.2) is 13.1 Å². The molecule has 0 bridgehead atoms. The van der Waals surface area contributed by atoms with Gasteiger partial charge in [0.05, 0.1) is 13.4 Å². The SMILES string of the molecule is COc1ccc(C2(CNS(C)(=O)=O)CC2)cc1. The molecule has 1 aliphatic rings. The van der Waals surface area contributed by atoms with Crippen LogP contribution in [0.4, 0.5) is 0 Å².